The van der Waals surface area contributed by atoms with Gasteiger partial charge in [-0.2, -0.15) is 0 Å². The topological polar surface area (TPSA) is 31.2 Å². The van der Waals surface area contributed by atoms with E-state index in [-0.39, 0.29) is 11.5 Å². The molecule has 1 heterocycles. The molecule has 4 aromatic rings. The maximum Gasteiger partial charge on any atom is 0.259 e. The molecule has 0 saturated carbocycles. The van der Waals surface area contributed by atoms with Crippen molar-refractivity contribution in [3.8, 4) is 17.0 Å². The number of methoxy groups -OCH3 is 1. The van der Waals surface area contributed by atoms with Crippen LogP contribution in [0.25, 0.3) is 22.0 Å². The van der Waals surface area contributed by atoms with Crippen molar-refractivity contribution < 1.29 is 4.74 Å². The Labute approximate surface area is 163 Å². The summed E-state index contributed by atoms with van der Waals surface area (Å²) in [5, 5.41) is 1.85. The molecule has 1 aliphatic rings. The molecule has 1 aromatic heterocycles. The predicted octanol–water partition coefficient (Wildman–Crippen LogP) is 5.19. The number of hydrogen-bond donors (Lipinski definition) is 0. The van der Waals surface area contributed by atoms with E-state index in [1.54, 1.807) is 7.11 Å². The van der Waals surface area contributed by atoms with Crippen LogP contribution in [0.15, 0.2) is 77.6 Å². The molecule has 0 fully saturated rings. The first-order valence-corrected chi connectivity index (χ1v) is 9.56. The smallest absolute Gasteiger partial charge is 0.259 e. The Morgan fingerprint density at radius 1 is 0.893 bits per heavy atom. The lowest BCUT2D eigenvalue weighted by Gasteiger charge is -2.17. The number of benzene rings is 3. The number of rotatable bonds is 3. The Morgan fingerprint density at radius 2 is 1.57 bits per heavy atom. The molecule has 0 saturated heterocycles. The van der Waals surface area contributed by atoms with Gasteiger partial charge in [0, 0.05) is 16.9 Å². The molecule has 138 valence electrons. The summed E-state index contributed by atoms with van der Waals surface area (Å²) in [6, 6.07) is 24.4. The average Bonchev–Trinajstić information content (AvgIpc) is 3.04. The third-order valence-corrected chi connectivity index (χ3v) is 5.83. The van der Waals surface area contributed by atoms with E-state index in [4.69, 9.17) is 4.74 Å². The van der Waals surface area contributed by atoms with Crippen molar-refractivity contribution in [3.63, 3.8) is 0 Å². The molecule has 0 N–H and O–H groups in total. The normalized spacial score (nSPS) is 14.7. The quantitative estimate of drug-likeness (QED) is 0.499. The fraction of sp³-hybridized carbons (Fsp3) is 0.160. The third kappa shape index (κ3) is 2.40. The number of ether oxygens (including phenoxy) is 1. The minimum absolute atomic E-state index is 0.0640. The zero-order chi connectivity index (χ0) is 19.3. The highest BCUT2D eigenvalue weighted by atomic mass is 16.5. The summed E-state index contributed by atoms with van der Waals surface area (Å²) < 4.78 is 7.21. The molecule has 28 heavy (non-hydrogen) atoms. The molecule has 3 aromatic carbocycles. The van der Waals surface area contributed by atoms with Crippen LogP contribution in [0.4, 0.5) is 0 Å². The second kappa shape index (κ2) is 6.38. The minimum atomic E-state index is 0.0640. The van der Waals surface area contributed by atoms with Gasteiger partial charge in [-0.25, -0.2) is 0 Å². The van der Waals surface area contributed by atoms with E-state index in [1.807, 2.05) is 47.0 Å². The fourth-order valence-corrected chi connectivity index (χ4v) is 4.46. The highest BCUT2D eigenvalue weighted by Gasteiger charge is 2.30. The monoisotopic (exact) mass is 367 g/mol. The molecule has 1 aliphatic carbocycles. The average molecular weight is 367 g/mol. The lowest BCUT2D eigenvalue weighted by molar-refractivity contribution is 0.414. The zero-order valence-electron chi connectivity index (χ0n) is 16.0. The summed E-state index contributed by atoms with van der Waals surface area (Å²) in [5.74, 6) is 1.08. The summed E-state index contributed by atoms with van der Waals surface area (Å²) >= 11 is 0. The summed E-state index contributed by atoms with van der Waals surface area (Å²) in [4.78, 5) is 13.5. The number of fused-ring (bicyclic) bond motifs is 5. The van der Waals surface area contributed by atoms with Crippen molar-refractivity contribution in [2.75, 3.05) is 7.11 Å². The maximum atomic E-state index is 13.5. The second-order valence-electron chi connectivity index (χ2n) is 7.36. The molecule has 0 bridgehead atoms. The number of hydrogen-bond acceptors (Lipinski definition) is 2. The van der Waals surface area contributed by atoms with Crippen LogP contribution in [0.1, 0.15) is 29.5 Å². The zero-order valence-corrected chi connectivity index (χ0v) is 16.0. The number of nitrogens with zero attached hydrogens (tertiary/aromatic N) is 1. The summed E-state index contributed by atoms with van der Waals surface area (Å²) in [7, 11) is 1.66. The summed E-state index contributed by atoms with van der Waals surface area (Å²) in [6.07, 6.45) is 0. The largest absolute Gasteiger partial charge is 0.497 e. The van der Waals surface area contributed by atoms with E-state index < -0.39 is 0 Å². The molecular formula is C25H21NO2. The van der Waals surface area contributed by atoms with Crippen LogP contribution in [0.3, 0.4) is 0 Å². The molecule has 1 unspecified atom stereocenters. The molecule has 0 aliphatic heterocycles. The molecular weight excluding hydrogens is 346 g/mol. The Hall–Kier alpha value is -3.33. The van der Waals surface area contributed by atoms with Gasteiger partial charge in [0.25, 0.3) is 5.56 Å². The van der Waals surface area contributed by atoms with Gasteiger partial charge in [0.2, 0.25) is 0 Å². The maximum absolute atomic E-state index is 13.5. The van der Waals surface area contributed by atoms with Crippen molar-refractivity contribution in [2.45, 2.75) is 19.4 Å². The van der Waals surface area contributed by atoms with Crippen LogP contribution in [-0.2, 0) is 6.54 Å². The first-order chi connectivity index (χ1) is 13.7. The van der Waals surface area contributed by atoms with Gasteiger partial charge in [0.1, 0.15) is 5.75 Å². The number of pyridine rings is 1. The van der Waals surface area contributed by atoms with Crippen molar-refractivity contribution in [1.82, 2.24) is 4.57 Å². The predicted molar refractivity (Wildman–Crippen MR) is 113 cm³/mol. The van der Waals surface area contributed by atoms with E-state index in [0.717, 1.165) is 27.8 Å². The van der Waals surface area contributed by atoms with Crippen LogP contribution in [0.2, 0.25) is 0 Å². The van der Waals surface area contributed by atoms with Gasteiger partial charge >= 0.3 is 0 Å². The Morgan fingerprint density at radius 3 is 2.32 bits per heavy atom. The Balaban J connectivity index is 1.80. The first kappa shape index (κ1) is 16.8. The molecule has 5 rings (SSSR count). The fourth-order valence-electron chi connectivity index (χ4n) is 4.46. The highest BCUT2D eigenvalue weighted by Crippen LogP contribution is 2.46. The summed E-state index contributed by atoms with van der Waals surface area (Å²) in [5.41, 5.74) is 5.91. The lowest BCUT2D eigenvalue weighted by Crippen LogP contribution is -2.23. The lowest BCUT2D eigenvalue weighted by atomic mass is 9.95. The highest BCUT2D eigenvalue weighted by molar-refractivity contribution is 5.94. The summed E-state index contributed by atoms with van der Waals surface area (Å²) in [6.45, 7) is 2.77. The Bertz CT molecular complexity index is 1250. The van der Waals surface area contributed by atoms with Gasteiger partial charge in [0.05, 0.1) is 19.3 Å². The van der Waals surface area contributed by atoms with Crippen LogP contribution >= 0.6 is 0 Å². The van der Waals surface area contributed by atoms with Crippen LogP contribution in [0.5, 0.6) is 5.75 Å². The van der Waals surface area contributed by atoms with Crippen molar-refractivity contribution in [1.29, 1.82) is 0 Å². The van der Waals surface area contributed by atoms with Gasteiger partial charge in [-0.1, -0.05) is 61.5 Å². The molecule has 1 atom stereocenters. The number of aromatic nitrogens is 1. The van der Waals surface area contributed by atoms with E-state index in [9.17, 15) is 4.79 Å². The van der Waals surface area contributed by atoms with E-state index in [0.29, 0.717) is 6.54 Å². The van der Waals surface area contributed by atoms with Crippen molar-refractivity contribution in [2.24, 2.45) is 0 Å². The van der Waals surface area contributed by atoms with Crippen LogP contribution in [-0.4, -0.2) is 11.7 Å². The van der Waals surface area contributed by atoms with E-state index >= 15 is 0 Å². The van der Waals surface area contributed by atoms with E-state index in [1.165, 1.54) is 16.7 Å². The third-order valence-electron chi connectivity index (χ3n) is 5.83. The van der Waals surface area contributed by atoms with Gasteiger partial charge in [-0.05, 0) is 40.3 Å². The molecule has 0 amide bonds. The van der Waals surface area contributed by atoms with Gasteiger partial charge in [0.15, 0.2) is 0 Å². The Kier molecular flexibility index (Phi) is 3.83. The van der Waals surface area contributed by atoms with E-state index in [2.05, 4.69) is 37.3 Å². The van der Waals surface area contributed by atoms with Gasteiger partial charge < -0.3 is 9.30 Å². The van der Waals surface area contributed by atoms with Crippen LogP contribution < -0.4 is 10.3 Å². The molecule has 0 radical (unpaired) electrons. The van der Waals surface area contributed by atoms with Gasteiger partial charge in [-0.15, -0.1) is 0 Å². The van der Waals surface area contributed by atoms with Crippen molar-refractivity contribution in [3.05, 3.63) is 99.8 Å². The standard InChI is InChI=1S/C25H21NO2/c1-16-19-7-3-5-9-21(19)24-23(16)20-8-4-6-10-22(20)25(27)26(24)15-17-11-13-18(28-2)14-12-17/h3-14,16H,15H2,1-2H3. The second-order valence-corrected chi connectivity index (χ2v) is 7.36. The van der Waals surface area contributed by atoms with Crippen molar-refractivity contribution >= 4 is 10.8 Å². The molecule has 3 heteroatoms. The first-order valence-electron chi connectivity index (χ1n) is 9.56. The molecule has 3 nitrogen and oxygen atoms in total. The minimum Gasteiger partial charge on any atom is -0.497 e. The van der Waals surface area contributed by atoms with Gasteiger partial charge in [-0.3, -0.25) is 4.79 Å². The molecule has 0 spiro atoms. The SMILES string of the molecule is COc1ccc(Cn2c3c(c4ccccc4c2=O)C(C)c2ccccc2-3)cc1. The van der Waals surface area contributed by atoms with Crippen LogP contribution in [0, 0.1) is 0 Å².